The maximum absolute atomic E-state index is 12.2. The molecule has 0 aliphatic heterocycles. The Labute approximate surface area is 110 Å². The third-order valence-corrected chi connectivity index (χ3v) is 5.27. The lowest BCUT2D eigenvalue weighted by molar-refractivity contribution is -0.130. The molecule has 1 amide bonds. The van der Waals surface area contributed by atoms with Crippen LogP contribution in [0.15, 0.2) is 0 Å². The fraction of sp³-hybridized carbons (Fsp3) is 0.917. The van der Waals surface area contributed by atoms with Crippen LogP contribution in [0.4, 0.5) is 0 Å². The zero-order valence-corrected chi connectivity index (χ0v) is 12.1. The highest BCUT2D eigenvalue weighted by molar-refractivity contribution is 7.90. The van der Waals surface area contributed by atoms with E-state index in [0.717, 1.165) is 12.8 Å². The molecule has 18 heavy (non-hydrogen) atoms. The molecular formula is C12H24N2O3S. The molecule has 5 nitrogen and oxygen atoms in total. The van der Waals surface area contributed by atoms with Crippen molar-refractivity contribution in [1.82, 2.24) is 4.72 Å². The van der Waals surface area contributed by atoms with E-state index in [2.05, 4.69) is 11.6 Å². The molecule has 0 spiro atoms. The quantitative estimate of drug-likeness (QED) is 0.784. The summed E-state index contributed by atoms with van der Waals surface area (Å²) in [5.74, 6) is 0.158. The topological polar surface area (TPSA) is 89.3 Å². The number of nitrogens with two attached hydrogens (primary N) is 1. The van der Waals surface area contributed by atoms with E-state index in [-0.39, 0.29) is 12.3 Å². The van der Waals surface area contributed by atoms with E-state index in [1.165, 1.54) is 0 Å². The van der Waals surface area contributed by atoms with Gasteiger partial charge >= 0.3 is 0 Å². The molecule has 3 N–H and O–H groups in total. The summed E-state index contributed by atoms with van der Waals surface area (Å²) in [6.45, 7) is 4.13. The summed E-state index contributed by atoms with van der Waals surface area (Å²) >= 11 is 0. The van der Waals surface area contributed by atoms with Crippen molar-refractivity contribution in [3.8, 4) is 0 Å². The molecule has 106 valence electrons. The normalized spacial score (nSPS) is 28.9. The lowest BCUT2D eigenvalue weighted by Gasteiger charge is -2.36. The summed E-state index contributed by atoms with van der Waals surface area (Å²) < 4.78 is 25.5. The van der Waals surface area contributed by atoms with Gasteiger partial charge in [0, 0.05) is 6.54 Å². The van der Waals surface area contributed by atoms with E-state index in [1.807, 2.05) is 0 Å². The average Bonchev–Trinajstić information content (AvgIpc) is 2.29. The van der Waals surface area contributed by atoms with Crippen molar-refractivity contribution in [3.05, 3.63) is 0 Å². The van der Waals surface area contributed by atoms with Gasteiger partial charge in [-0.05, 0) is 38.0 Å². The minimum atomic E-state index is -3.50. The SMILES string of the molecule is CCCS(=O)(=O)NC(=O)C1(CN)CCC(C)CC1. The van der Waals surface area contributed by atoms with Crippen LogP contribution in [0, 0.1) is 11.3 Å². The lowest BCUT2D eigenvalue weighted by Crippen LogP contribution is -2.49. The summed E-state index contributed by atoms with van der Waals surface area (Å²) in [5, 5.41) is 0. The number of amides is 1. The second-order valence-corrected chi connectivity index (χ2v) is 7.26. The highest BCUT2D eigenvalue weighted by Crippen LogP contribution is 2.38. The van der Waals surface area contributed by atoms with E-state index >= 15 is 0 Å². The number of nitrogens with one attached hydrogen (secondary N) is 1. The number of carbonyl (C=O) groups excluding carboxylic acids is 1. The van der Waals surface area contributed by atoms with E-state index in [4.69, 9.17) is 5.73 Å². The largest absolute Gasteiger partial charge is 0.329 e. The van der Waals surface area contributed by atoms with E-state index < -0.39 is 21.3 Å². The zero-order valence-electron chi connectivity index (χ0n) is 11.2. The maximum atomic E-state index is 12.2. The second-order valence-electron chi connectivity index (χ2n) is 5.42. The van der Waals surface area contributed by atoms with Gasteiger partial charge in [-0.2, -0.15) is 0 Å². The molecule has 1 aliphatic carbocycles. The van der Waals surface area contributed by atoms with Gasteiger partial charge in [0.1, 0.15) is 0 Å². The van der Waals surface area contributed by atoms with Crippen molar-refractivity contribution in [2.24, 2.45) is 17.1 Å². The predicted molar refractivity (Wildman–Crippen MR) is 71.3 cm³/mol. The number of rotatable bonds is 5. The van der Waals surface area contributed by atoms with Gasteiger partial charge in [-0.1, -0.05) is 13.8 Å². The highest BCUT2D eigenvalue weighted by Gasteiger charge is 2.41. The van der Waals surface area contributed by atoms with Gasteiger partial charge in [0.25, 0.3) is 0 Å². The minimum Gasteiger partial charge on any atom is -0.329 e. The van der Waals surface area contributed by atoms with Crippen LogP contribution < -0.4 is 10.5 Å². The van der Waals surface area contributed by atoms with Gasteiger partial charge in [-0.15, -0.1) is 0 Å². The summed E-state index contributed by atoms with van der Waals surface area (Å²) in [6, 6.07) is 0. The summed E-state index contributed by atoms with van der Waals surface area (Å²) in [6.07, 6.45) is 3.71. The molecule has 0 heterocycles. The first-order chi connectivity index (χ1) is 8.35. The Bertz CT molecular complexity index is 384. The number of hydrogen-bond acceptors (Lipinski definition) is 4. The van der Waals surface area contributed by atoms with Gasteiger partial charge < -0.3 is 5.73 Å². The van der Waals surface area contributed by atoms with Gasteiger partial charge in [-0.3, -0.25) is 9.52 Å². The van der Waals surface area contributed by atoms with Gasteiger partial charge in [0.15, 0.2) is 0 Å². The first-order valence-corrected chi connectivity index (χ1v) is 8.25. The average molecular weight is 276 g/mol. The predicted octanol–water partition coefficient (Wildman–Crippen LogP) is 0.998. The minimum absolute atomic E-state index is 0.0181. The van der Waals surface area contributed by atoms with Crippen molar-refractivity contribution in [2.45, 2.75) is 46.0 Å². The molecule has 0 aromatic rings. The summed E-state index contributed by atoms with van der Waals surface area (Å²) in [5.41, 5.74) is 5.03. The van der Waals surface area contributed by atoms with Crippen LogP contribution in [0.2, 0.25) is 0 Å². The van der Waals surface area contributed by atoms with Crippen LogP contribution in [0.3, 0.4) is 0 Å². The van der Waals surface area contributed by atoms with Crippen molar-refractivity contribution >= 4 is 15.9 Å². The molecule has 6 heteroatoms. The van der Waals surface area contributed by atoms with Crippen LogP contribution >= 0.6 is 0 Å². The van der Waals surface area contributed by atoms with E-state index in [0.29, 0.717) is 25.2 Å². The van der Waals surface area contributed by atoms with Crippen LogP contribution in [-0.2, 0) is 14.8 Å². The maximum Gasteiger partial charge on any atom is 0.240 e. The molecule has 0 bridgehead atoms. The molecule has 1 aliphatic rings. The van der Waals surface area contributed by atoms with Gasteiger partial charge in [0.2, 0.25) is 15.9 Å². The Kier molecular flexibility index (Phi) is 5.16. The molecule has 0 unspecified atom stereocenters. The number of carbonyl (C=O) groups is 1. The molecule has 0 radical (unpaired) electrons. The summed E-state index contributed by atoms with van der Waals surface area (Å²) in [4.78, 5) is 12.2. The third kappa shape index (κ3) is 3.68. The smallest absolute Gasteiger partial charge is 0.240 e. The molecule has 0 aromatic carbocycles. The molecule has 1 rings (SSSR count). The van der Waals surface area contributed by atoms with Crippen molar-refractivity contribution in [3.63, 3.8) is 0 Å². The zero-order chi connectivity index (χ0) is 13.8. The van der Waals surface area contributed by atoms with E-state index in [9.17, 15) is 13.2 Å². The first kappa shape index (κ1) is 15.4. The van der Waals surface area contributed by atoms with Crippen LogP contribution in [0.1, 0.15) is 46.0 Å². The number of hydrogen-bond donors (Lipinski definition) is 2. The summed E-state index contributed by atoms with van der Waals surface area (Å²) in [7, 11) is -3.50. The van der Waals surface area contributed by atoms with E-state index in [1.54, 1.807) is 6.92 Å². The molecule has 1 fully saturated rings. The van der Waals surface area contributed by atoms with Crippen molar-refractivity contribution in [2.75, 3.05) is 12.3 Å². The standard InChI is InChI=1S/C12H24N2O3S/c1-3-8-18(16,17)14-11(15)12(9-13)6-4-10(2)5-7-12/h10H,3-9,13H2,1-2H3,(H,14,15). The van der Waals surface area contributed by atoms with Gasteiger partial charge in [0.05, 0.1) is 11.2 Å². The molecular weight excluding hydrogens is 252 g/mol. The second kappa shape index (κ2) is 6.02. The fourth-order valence-corrected chi connectivity index (χ4v) is 3.55. The highest BCUT2D eigenvalue weighted by atomic mass is 32.2. The molecule has 0 atom stereocenters. The third-order valence-electron chi connectivity index (χ3n) is 3.82. The Morgan fingerprint density at radius 1 is 1.39 bits per heavy atom. The molecule has 1 saturated carbocycles. The molecule has 0 saturated heterocycles. The van der Waals surface area contributed by atoms with Crippen LogP contribution in [0.5, 0.6) is 0 Å². The van der Waals surface area contributed by atoms with Crippen molar-refractivity contribution in [1.29, 1.82) is 0 Å². The Hall–Kier alpha value is -0.620. The number of sulfonamides is 1. The Balaban J connectivity index is 2.74. The van der Waals surface area contributed by atoms with Crippen LogP contribution in [-0.4, -0.2) is 26.6 Å². The monoisotopic (exact) mass is 276 g/mol. The van der Waals surface area contributed by atoms with Crippen molar-refractivity contribution < 1.29 is 13.2 Å². The fourth-order valence-electron chi connectivity index (χ4n) is 2.41. The first-order valence-electron chi connectivity index (χ1n) is 6.60. The Morgan fingerprint density at radius 2 is 1.94 bits per heavy atom. The lowest BCUT2D eigenvalue weighted by atomic mass is 9.70. The van der Waals surface area contributed by atoms with Gasteiger partial charge in [-0.25, -0.2) is 8.42 Å². The molecule has 0 aromatic heterocycles. The van der Waals surface area contributed by atoms with Crippen LogP contribution in [0.25, 0.3) is 0 Å². The Morgan fingerprint density at radius 3 is 2.39 bits per heavy atom.